The summed E-state index contributed by atoms with van der Waals surface area (Å²) in [7, 11) is -3.57. The quantitative estimate of drug-likeness (QED) is 0.896. The molecule has 1 saturated carbocycles. The lowest BCUT2D eigenvalue weighted by molar-refractivity contribution is 0.296. The van der Waals surface area contributed by atoms with Crippen LogP contribution in [0.2, 0.25) is 5.02 Å². The molecule has 3 N–H and O–H groups in total. The van der Waals surface area contributed by atoms with Crippen molar-refractivity contribution in [2.75, 3.05) is 6.54 Å². The van der Waals surface area contributed by atoms with Gasteiger partial charge in [0.15, 0.2) is 0 Å². The lowest BCUT2D eigenvalue weighted by Gasteiger charge is -2.33. The molecule has 0 saturated heterocycles. The van der Waals surface area contributed by atoms with Gasteiger partial charge in [0, 0.05) is 17.1 Å². The van der Waals surface area contributed by atoms with Gasteiger partial charge in [-0.15, -0.1) is 0 Å². The summed E-state index contributed by atoms with van der Waals surface area (Å²) in [6.45, 7) is 1.98. The van der Waals surface area contributed by atoms with Gasteiger partial charge in [-0.05, 0) is 37.5 Å². The van der Waals surface area contributed by atoms with E-state index < -0.39 is 15.6 Å². The first kappa shape index (κ1) is 15.8. The molecule has 0 amide bonds. The number of hydrogen-bond donors (Lipinski definition) is 2. The number of nitrogens with two attached hydrogens (primary N) is 1. The fraction of sp³-hybridized carbons (Fsp3) is 0.571. The Kier molecular flexibility index (Phi) is 4.74. The Bertz CT molecular complexity index is 581. The van der Waals surface area contributed by atoms with E-state index in [0.717, 1.165) is 25.7 Å². The van der Waals surface area contributed by atoms with Gasteiger partial charge in [-0.3, -0.25) is 0 Å². The Morgan fingerprint density at radius 2 is 1.95 bits per heavy atom. The number of hydrogen-bond acceptors (Lipinski definition) is 3. The van der Waals surface area contributed by atoms with Gasteiger partial charge in [0.05, 0.1) is 4.90 Å². The van der Waals surface area contributed by atoms with Gasteiger partial charge >= 0.3 is 0 Å². The number of halogens is 1. The zero-order valence-electron chi connectivity index (χ0n) is 11.7. The van der Waals surface area contributed by atoms with E-state index >= 15 is 0 Å². The van der Waals surface area contributed by atoms with Gasteiger partial charge in [0.2, 0.25) is 10.0 Å². The van der Waals surface area contributed by atoms with Crippen LogP contribution in [-0.2, 0) is 10.0 Å². The van der Waals surface area contributed by atoms with Crippen molar-refractivity contribution in [3.8, 4) is 0 Å². The highest BCUT2D eigenvalue weighted by molar-refractivity contribution is 7.89. The highest BCUT2D eigenvalue weighted by atomic mass is 35.5. The van der Waals surface area contributed by atoms with Crippen LogP contribution < -0.4 is 10.5 Å². The van der Waals surface area contributed by atoms with Crippen molar-refractivity contribution in [1.82, 2.24) is 4.72 Å². The molecule has 20 heavy (non-hydrogen) atoms. The fourth-order valence-corrected chi connectivity index (χ4v) is 4.26. The maximum absolute atomic E-state index is 12.4. The summed E-state index contributed by atoms with van der Waals surface area (Å²) in [4.78, 5) is 0.226. The summed E-state index contributed by atoms with van der Waals surface area (Å²) in [5, 5.41) is 0.452. The topological polar surface area (TPSA) is 72.2 Å². The first-order valence-electron chi connectivity index (χ1n) is 6.88. The average Bonchev–Trinajstić information content (AvgIpc) is 2.41. The first-order valence-corrected chi connectivity index (χ1v) is 8.74. The Hall–Kier alpha value is -0.620. The van der Waals surface area contributed by atoms with Crippen LogP contribution in [0, 0.1) is 6.92 Å². The van der Waals surface area contributed by atoms with Gasteiger partial charge in [0.25, 0.3) is 0 Å². The summed E-state index contributed by atoms with van der Waals surface area (Å²) in [6, 6.07) is 4.89. The molecule has 1 aliphatic carbocycles. The molecule has 1 fully saturated rings. The summed E-state index contributed by atoms with van der Waals surface area (Å²) in [5.41, 5.74) is 6.41. The molecule has 6 heteroatoms. The van der Waals surface area contributed by atoms with E-state index in [0.29, 0.717) is 10.6 Å². The Balaban J connectivity index is 2.13. The molecule has 4 nitrogen and oxygen atoms in total. The number of nitrogens with one attached hydrogen (secondary N) is 1. The van der Waals surface area contributed by atoms with Gasteiger partial charge in [-0.2, -0.15) is 0 Å². The minimum absolute atomic E-state index is 0.226. The van der Waals surface area contributed by atoms with Crippen LogP contribution in [0.3, 0.4) is 0 Å². The largest absolute Gasteiger partial charge is 0.324 e. The summed E-state index contributed by atoms with van der Waals surface area (Å²) >= 11 is 5.98. The predicted octanol–water partition coefficient (Wildman–Crippen LogP) is 2.59. The molecule has 112 valence electrons. The Morgan fingerprint density at radius 3 is 2.60 bits per heavy atom. The molecule has 1 aromatic rings. The molecule has 0 aliphatic heterocycles. The average molecular weight is 317 g/mol. The third kappa shape index (κ3) is 3.52. The predicted molar refractivity (Wildman–Crippen MR) is 81.4 cm³/mol. The minimum atomic E-state index is -3.57. The second-order valence-corrected chi connectivity index (χ2v) is 7.75. The van der Waals surface area contributed by atoms with E-state index in [1.807, 2.05) is 0 Å². The molecular weight excluding hydrogens is 296 g/mol. The van der Waals surface area contributed by atoms with Crippen molar-refractivity contribution >= 4 is 21.6 Å². The van der Waals surface area contributed by atoms with Crippen molar-refractivity contribution in [2.24, 2.45) is 5.73 Å². The van der Waals surface area contributed by atoms with Crippen LogP contribution in [0.1, 0.15) is 37.7 Å². The first-order chi connectivity index (χ1) is 9.34. The lowest BCUT2D eigenvalue weighted by Crippen LogP contribution is -2.51. The van der Waals surface area contributed by atoms with Crippen LogP contribution in [0.15, 0.2) is 23.1 Å². The molecule has 0 bridgehead atoms. The number of sulfonamides is 1. The van der Waals surface area contributed by atoms with Crippen LogP contribution in [-0.4, -0.2) is 20.5 Å². The van der Waals surface area contributed by atoms with Gasteiger partial charge in [0.1, 0.15) is 0 Å². The Labute approximate surface area is 125 Å². The van der Waals surface area contributed by atoms with E-state index in [2.05, 4.69) is 4.72 Å². The van der Waals surface area contributed by atoms with Crippen molar-refractivity contribution in [3.63, 3.8) is 0 Å². The summed E-state index contributed by atoms with van der Waals surface area (Å²) < 4.78 is 27.4. The van der Waals surface area contributed by atoms with Crippen molar-refractivity contribution in [2.45, 2.75) is 49.5 Å². The van der Waals surface area contributed by atoms with Crippen LogP contribution in [0.25, 0.3) is 0 Å². The van der Waals surface area contributed by atoms with Crippen molar-refractivity contribution in [1.29, 1.82) is 0 Å². The normalized spacial score (nSPS) is 18.9. The molecule has 0 spiro atoms. The second-order valence-electron chi connectivity index (χ2n) is 5.61. The molecule has 0 atom stereocenters. The van der Waals surface area contributed by atoms with Gasteiger partial charge in [-0.1, -0.05) is 36.9 Å². The third-order valence-corrected chi connectivity index (χ3v) is 5.93. The maximum Gasteiger partial charge on any atom is 0.240 e. The SMILES string of the molecule is Cc1c(Cl)cccc1S(=O)(=O)NCC1(N)CCCCC1. The highest BCUT2D eigenvalue weighted by Gasteiger charge is 2.29. The van der Waals surface area contributed by atoms with Gasteiger partial charge < -0.3 is 5.73 Å². The zero-order chi connectivity index (χ0) is 14.8. The van der Waals surface area contributed by atoms with Crippen molar-refractivity contribution in [3.05, 3.63) is 28.8 Å². The summed E-state index contributed by atoms with van der Waals surface area (Å²) in [6.07, 6.45) is 5.04. The molecule has 0 unspecified atom stereocenters. The number of benzene rings is 1. The Morgan fingerprint density at radius 1 is 1.30 bits per heavy atom. The minimum Gasteiger partial charge on any atom is -0.324 e. The van der Waals surface area contributed by atoms with Crippen LogP contribution in [0.4, 0.5) is 0 Å². The number of rotatable bonds is 4. The molecular formula is C14H21ClN2O2S. The molecule has 0 radical (unpaired) electrons. The van der Waals surface area contributed by atoms with Crippen LogP contribution >= 0.6 is 11.6 Å². The molecule has 0 aromatic heterocycles. The van der Waals surface area contributed by atoms with E-state index in [9.17, 15) is 8.42 Å². The summed E-state index contributed by atoms with van der Waals surface area (Å²) in [5.74, 6) is 0. The molecule has 1 aliphatic rings. The monoisotopic (exact) mass is 316 g/mol. The lowest BCUT2D eigenvalue weighted by atomic mass is 9.83. The molecule has 0 heterocycles. The molecule has 1 aromatic carbocycles. The van der Waals surface area contributed by atoms with Crippen molar-refractivity contribution < 1.29 is 8.42 Å². The van der Waals surface area contributed by atoms with E-state index in [1.54, 1.807) is 25.1 Å². The zero-order valence-corrected chi connectivity index (χ0v) is 13.2. The molecule has 2 rings (SSSR count). The standard InChI is InChI=1S/C14H21ClN2O2S/c1-11-12(15)6-5-7-13(11)20(18,19)17-10-14(16)8-3-2-4-9-14/h5-7,17H,2-4,8-10,16H2,1H3. The third-order valence-electron chi connectivity index (χ3n) is 3.97. The maximum atomic E-state index is 12.4. The van der Waals surface area contributed by atoms with E-state index in [4.69, 9.17) is 17.3 Å². The second kappa shape index (κ2) is 6.02. The highest BCUT2D eigenvalue weighted by Crippen LogP contribution is 2.26. The van der Waals surface area contributed by atoms with Crippen LogP contribution in [0.5, 0.6) is 0 Å². The van der Waals surface area contributed by atoms with Gasteiger partial charge in [-0.25, -0.2) is 13.1 Å². The fourth-order valence-electron chi connectivity index (χ4n) is 2.63. The van der Waals surface area contributed by atoms with E-state index in [1.165, 1.54) is 6.42 Å². The smallest absolute Gasteiger partial charge is 0.240 e. The van der Waals surface area contributed by atoms with E-state index in [-0.39, 0.29) is 11.4 Å².